The number of rotatable bonds is 10. The van der Waals surface area contributed by atoms with Gasteiger partial charge in [-0.05, 0) is 105 Å². The first kappa shape index (κ1) is 37.3. The molecule has 2 N–H and O–H groups in total. The van der Waals surface area contributed by atoms with Crippen molar-refractivity contribution in [1.82, 2.24) is 35.3 Å². The Kier molecular flexibility index (Phi) is 9.25. The number of halogens is 2. The zero-order valence-electron chi connectivity index (χ0n) is 33.1. The maximum Gasteiger partial charge on any atom is 0.255 e. The van der Waals surface area contributed by atoms with Crippen LogP contribution in [0.2, 0.25) is 0 Å². The van der Waals surface area contributed by atoms with Crippen LogP contribution in [-0.4, -0.2) is 105 Å². The number of anilines is 2. The number of carbonyl (C=O) groups is 3. The molecule has 2 aromatic heterocycles. The number of nitrogens with one attached hydrogen (secondary N) is 2. The highest BCUT2D eigenvalue weighted by molar-refractivity contribution is 6.05. The van der Waals surface area contributed by atoms with E-state index in [1.807, 2.05) is 4.90 Å². The zero-order chi connectivity index (χ0) is 39.8. The number of imide groups is 1. The topological polar surface area (TPSA) is 131 Å². The Morgan fingerprint density at radius 3 is 2.41 bits per heavy atom. The van der Waals surface area contributed by atoms with Gasteiger partial charge in [0.1, 0.15) is 29.5 Å². The highest BCUT2D eigenvalue weighted by atomic mass is 19.1. The lowest BCUT2D eigenvalue weighted by molar-refractivity contribution is -0.136. The molecule has 4 saturated heterocycles. The molecule has 12 nitrogen and oxygen atoms in total. The van der Waals surface area contributed by atoms with Crippen LogP contribution >= 0.6 is 0 Å². The van der Waals surface area contributed by atoms with Gasteiger partial charge in [-0.1, -0.05) is 13.0 Å². The second-order valence-electron chi connectivity index (χ2n) is 18.4. The van der Waals surface area contributed by atoms with Gasteiger partial charge in [0.15, 0.2) is 5.82 Å². The fourth-order valence-electron chi connectivity index (χ4n) is 10.4. The Balaban J connectivity index is 0.684. The van der Waals surface area contributed by atoms with Gasteiger partial charge in [-0.15, -0.1) is 0 Å². The standard InChI is InChI=1S/C44H51F2N9O3/c1-43(12-13-43)20-29-2-4-33-31(18-29)40(51-50-33)34-19-37(48-26-47-34)54-16-10-28(11-17-54)22-52-24-44(46,25-52)21-27-8-14-53(15-9-27)35-5-3-30-32(39(35)45)23-55(42(30)58)36-6-7-38(56)49-41(36)57/h2-5,18-19,26-28,36H,6-17,20-25H2,1H3,(H,50,51)(H,49,56,57). The number of aromatic nitrogens is 4. The Labute approximate surface area is 336 Å². The fraction of sp³-hybridized carbons (Fsp3) is 0.545. The van der Waals surface area contributed by atoms with Gasteiger partial charge in [0.2, 0.25) is 11.8 Å². The number of hydrogen-bond donors (Lipinski definition) is 2. The number of alkyl halides is 1. The van der Waals surface area contributed by atoms with Crippen LogP contribution < -0.4 is 15.1 Å². The molecule has 2 aromatic carbocycles. The number of carbonyl (C=O) groups excluding carboxylic acids is 3. The summed E-state index contributed by atoms with van der Waals surface area (Å²) in [6.07, 6.45) is 9.85. The van der Waals surface area contributed by atoms with E-state index in [0.29, 0.717) is 55.2 Å². The highest BCUT2D eigenvalue weighted by Crippen LogP contribution is 2.48. The van der Waals surface area contributed by atoms with E-state index in [1.165, 1.54) is 23.3 Å². The number of aromatic amines is 1. The van der Waals surface area contributed by atoms with Crippen LogP contribution in [0.3, 0.4) is 0 Å². The third-order valence-corrected chi connectivity index (χ3v) is 14.0. The first-order valence-electron chi connectivity index (χ1n) is 21.2. The molecule has 58 heavy (non-hydrogen) atoms. The molecule has 0 radical (unpaired) electrons. The molecule has 1 saturated carbocycles. The van der Waals surface area contributed by atoms with Gasteiger partial charge in [0, 0.05) is 74.8 Å². The molecular formula is C44H51F2N9O3. The lowest BCUT2D eigenvalue weighted by atomic mass is 9.80. The maximum atomic E-state index is 16.0. The van der Waals surface area contributed by atoms with Crippen LogP contribution in [-0.2, 0) is 22.6 Å². The molecule has 14 heteroatoms. The molecule has 1 unspecified atom stereocenters. The Bertz CT molecular complexity index is 2270. The van der Waals surface area contributed by atoms with E-state index in [0.717, 1.165) is 79.8 Å². The largest absolute Gasteiger partial charge is 0.369 e. The van der Waals surface area contributed by atoms with E-state index in [-0.39, 0.29) is 42.7 Å². The molecule has 0 spiro atoms. The van der Waals surface area contributed by atoms with Crippen molar-refractivity contribution >= 4 is 40.1 Å². The Morgan fingerprint density at radius 1 is 0.897 bits per heavy atom. The van der Waals surface area contributed by atoms with Crippen LogP contribution in [0.15, 0.2) is 42.7 Å². The SMILES string of the molecule is CC1(Cc2ccc3[nH]nc(-c4cc(N5CCC(CN6CC(F)(CC7CCN(c8ccc9c(c8F)CN(C8CCC(=O)NC8=O)C9=O)CC7)C6)CC5)ncn4)c3c2)CC1. The molecule has 10 rings (SSSR count). The smallest absolute Gasteiger partial charge is 0.255 e. The van der Waals surface area contributed by atoms with Gasteiger partial charge >= 0.3 is 0 Å². The molecule has 4 aromatic rings. The molecule has 1 aliphatic carbocycles. The molecule has 5 aliphatic heterocycles. The average molecular weight is 792 g/mol. The molecule has 0 bridgehead atoms. The summed E-state index contributed by atoms with van der Waals surface area (Å²) in [4.78, 5) is 54.4. The van der Waals surface area contributed by atoms with Crippen LogP contribution in [0.1, 0.15) is 86.2 Å². The number of fused-ring (bicyclic) bond motifs is 2. The maximum absolute atomic E-state index is 16.0. The lowest BCUT2D eigenvalue weighted by Gasteiger charge is -2.48. The Morgan fingerprint density at radius 2 is 1.66 bits per heavy atom. The number of piperidine rings is 3. The minimum Gasteiger partial charge on any atom is -0.369 e. The van der Waals surface area contributed by atoms with E-state index in [4.69, 9.17) is 0 Å². The molecule has 304 valence electrons. The molecule has 1 atom stereocenters. The van der Waals surface area contributed by atoms with Gasteiger partial charge in [-0.2, -0.15) is 5.10 Å². The zero-order valence-corrected chi connectivity index (χ0v) is 33.1. The second kappa shape index (κ2) is 14.4. The fourth-order valence-corrected chi connectivity index (χ4v) is 10.4. The minimum absolute atomic E-state index is 0.00400. The van der Waals surface area contributed by atoms with Crippen molar-refractivity contribution in [3.8, 4) is 11.4 Å². The van der Waals surface area contributed by atoms with Crippen molar-refractivity contribution in [1.29, 1.82) is 0 Å². The van der Waals surface area contributed by atoms with Crippen LogP contribution in [0.5, 0.6) is 0 Å². The predicted octanol–water partition coefficient (Wildman–Crippen LogP) is 5.81. The summed E-state index contributed by atoms with van der Waals surface area (Å²) in [5.41, 5.74) is 4.31. The van der Waals surface area contributed by atoms with Gasteiger partial charge in [-0.3, -0.25) is 29.7 Å². The van der Waals surface area contributed by atoms with E-state index >= 15 is 8.78 Å². The quantitative estimate of drug-likeness (QED) is 0.191. The van der Waals surface area contributed by atoms with Crippen molar-refractivity contribution in [2.45, 2.75) is 89.4 Å². The van der Waals surface area contributed by atoms with Crippen molar-refractivity contribution in [2.24, 2.45) is 17.3 Å². The van der Waals surface area contributed by atoms with Crippen LogP contribution in [0.4, 0.5) is 20.3 Å². The molecule has 7 heterocycles. The van der Waals surface area contributed by atoms with Gasteiger partial charge in [-0.25, -0.2) is 18.7 Å². The van der Waals surface area contributed by atoms with Crippen molar-refractivity contribution < 1.29 is 23.2 Å². The van der Waals surface area contributed by atoms with Crippen LogP contribution in [0.25, 0.3) is 22.3 Å². The summed E-state index contributed by atoms with van der Waals surface area (Å²) >= 11 is 0. The monoisotopic (exact) mass is 791 g/mol. The van der Waals surface area contributed by atoms with E-state index < -0.39 is 23.4 Å². The highest BCUT2D eigenvalue weighted by Gasteiger charge is 2.46. The van der Waals surface area contributed by atoms with Gasteiger partial charge < -0.3 is 14.7 Å². The average Bonchev–Trinajstić information content (AvgIpc) is 3.62. The van der Waals surface area contributed by atoms with E-state index in [9.17, 15) is 14.4 Å². The van der Waals surface area contributed by atoms with Crippen molar-refractivity contribution in [2.75, 3.05) is 55.6 Å². The number of likely N-dealkylation sites (tertiary alicyclic amines) is 1. The first-order chi connectivity index (χ1) is 28.0. The molecular weight excluding hydrogens is 741 g/mol. The number of amides is 3. The van der Waals surface area contributed by atoms with Crippen LogP contribution in [0, 0.1) is 23.1 Å². The summed E-state index contributed by atoms with van der Waals surface area (Å²) in [7, 11) is 0. The summed E-state index contributed by atoms with van der Waals surface area (Å²) in [6, 6.07) is 11.2. The molecule has 6 aliphatic rings. The van der Waals surface area contributed by atoms with Crippen molar-refractivity contribution in [3.05, 3.63) is 65.2 Å². The summed E-state index contributed by atoms with van der Waals surface area (Å²) in [6.45, 7) is 7.26. The van der Waals surface area contributed by atoms with Gasteiger partial charge in [0.25, 0.3) is 5.91 Å². The van der Waals surface area contributed by atoms with E-state index in [2.05, 4.69) is 66.5 Å². The second-order valence-corrected chi connectivity index (χ2v) is 18.4. The number of benzene rings is 2. The molecule has 5 fully saturated rings. The van der Waals surface area contributed by atoms with E-state index in [1.54, 1.807) is 18.5 Å². The summed E-state index contributed by atoms with van der Waals surface area (Å²) < 4.78 is 31.9. The minimum atomic E-state index is -1.18. The predicted molar refractivity (Wildman–Crippen MR) is 215 cm³/mol. The summed E-state index contributed by atoms with van der Waals surface area (Å²) in [5.74, 6) is -0.0153. The number of hydrogen-bond acceptors (Lipinski definition) is 9. The number of H-pyrrole nitrogens is 1. The van der Waals surface area contributed by atoms with Crippen molar-refractivity contribution in [3.63, 3.8) is 0 Å². The first-order valence-corrected chi connectivity index (χ1v) is 21.2. The number of nitrogens with zero attached hydrogens (tertiary/aromatic N) is 7. The Hall–Kier alpha value is -4.98. The third-order valence-electron chi connectivity index (χ3n) is 14.0. The normalized spacial score (nSPS) is 23.7. The summed E-state index contributed by atoms with van der Waals surface area (Å²) in [5, 5.41) is 11.2. The lowest BCUT2D eigenvalue weighted by Crippen LogP contribution is -2.61. The third kappa shape index (κ3) is 7.11. The molecule has 3 amide bonds. The van der Waals surface area contributed by atoms with Gasteiger partial charge in [0.05, 0.1) is 23.4 Å².